The topological polar surface area (TPSA) is 60.2 Å². The van der Waals surface area contributed by atoms with Gasteiger partial charge in [-0.05, 0) is 96.3 Å². The van der Waals surface area contributed by atoms with E-state index in [0.29, 0.717) is 12.2 Å². The minimum absolute atomic E-state index is 0.316. The molecular weight excluding hydrogens is 765 g/mol. The lowest BCUT2D eigenvalue weighted by atomic mass is 9.97. The number of benzene rings is 7. The first-order valence-corrected chi connectivity index (χ1v) is 22.0. The van der Waals surface area contributed by atoms with Crippen molar-refractivity contribution < 1.29 is 9.53 Å². The summed E-state index contributed by atoms with van der Waals surface area (Å²) >= 11 is 3.08. The van der Waals surface area contributed by atoms with Gasteiger partial charge in [-0.1, -0.05) is 123 Å². The van der Waals surface area contributed by atoms with Crippen LogP contribution in [0.5, 0.6) is 0 Å². The first-order valence-electron chi connectivity index (χ1n) is 20.5. The average Bonchev–Trinajstić information content (AvgIpc) is 3.91. The van der Waals surface area contributed by atoms with Crippen LogP contribution >= 0.6 is 23.5 Å². The van der Waals surface area contributed by atoms with E-state index in [4.69, 9.17) is 13.5 Å². The number of esters is 1. The van der Waals surface area contributed by atoms with Crippen molar-refractivity contribution >= 4 is 73.7 Å². The van der Waals surface area contributed by atoms with Gasteiger partial charge >= 0.3 is 5.97 Å². The Morgan fingerprint density at radius 2 is 1.20 bits per heavy atom. The third kappa shape index (κ3) is 6.76. The van der Waals surface area contributed by atoms with Crippen LogP contribution in [0.3, 0.4) is 0 Å². The second-order valence-corrected chi connectivity index (χ2v) is 16.6. The average molecular weight is 807 g/mol. The van der Waals surface area contributed by atoms with Crippen LogP contribution in [0.2, 0.25) is 0 Å². The van der Waals surface area contributed by atoms with Crippen molar-refractivity contribution in [3.05, 3.63) is 151 Å². The quantitative estimate of drug-likeness (QED) is 0.0958. The number of unbranched alkanes of at least 4 members (excludes halogenated alkanes) is 3. The molecule has 1 aliphatic rings. The summed E-state index contributed by atoms with van der Waals surface area (Å²) in [4.78, 5) is 17.3. The van der Waals surface area contributed by atoms with Gasteiger partial charge in [0.15, 0.2) is 0 Å². The molecule has 2 aromatic heterocycles. The molecule has 0 radical (unpaired) electrons. The first kappa shape index (κ1) is 37.1. The zero-order chi connectivity index (χ0) is 39.9. The first-order chi connectivity index (χ1) is 29.1. The maximum absolute atomic E-state index is 12.3. The van der Waals surface area contributed by atoms with Gasteiger partial charge in [-0.25, -0.2) is 4.79 Å². The molecule has 1 aliphatic heterocycles. The molecule has 8 heteroatoms. The molecule has 0 spiro atoms. The largest absolute Gasteiger partial charge is 0.462 e. The van der Waals surface area contributed by atoms with E-state index < -0.39 is 0 Å². The maximum atomic E-state index is 12.3. The number of carbonyl (C=O) groups excluding carboxylic acids is 1. The number of aromatic nitrogens is 3. The van der Waals surface area contributed by atoms with Gasteiger partial charge in [0.05, 0.1) is 46.3 Å². The highest BCUT2D eigenvalue weighted by Gasteiger charge is 2.25. The molecule has 0 unspecified atom stereocenters. The number of carbonyl (C=O) groups is 1. The van der Waals surface area contributed by atoms with Crippen molar-refractivity contribution in [1.29, 1.82) is 0 Å². The van der Waals surface area contributed by atoms with Gasteiger partial charge in [0.2, 0.25) is 0 Å². The van der Waals surface area contributed by atoms with E-state index in [1.54, 1.807) is 0 Å². The number of para-hydroxylation sites is 2. The van der Waals surface area contributed by atoms with Crippen LogP contribution in [0.4, 0.5) is 11.4 Å². The minimum Gasteiger partial charge on any atom is -0.462 e. The fourth-order valence-electron chi connectivity index (χ4n) is 8.53. The summed E-state index contributed by atoms with van der Waals surface area (Å²) in [6, 6.07) is 52.0. The molecule has 0 aliphatic carbocycles. The lowest BCUT2D eigenvalue weighted by molar-refractivity contribution is 0.0526. The van der Waals surface area contributed by atoms with Gasteiger partial charge in [-0.15, -0.1) is 0 Å². The molecule has 290 valence electrons. The summed E-state index contributed by atoms with van der Waals surface area (Å²) in [5, 5.41) is 2.53. The molecule has 0 amide bonds. The Morgan fingerprint density at radius 3 is 1.88 bits per heavy atom. The molecule has 0 N–H and O–H groups in total. The van der Waals surface area contributed by atoms with Gasteiger partial charge in [-0.2, -0.15) is 8.75 Å². The summed E-state index contributed by atoms with van der Waals surface area (Å²) in [7, 11) is 0. The van der Waals surface area contributed by atoms with Crippen molar-refractivity contribution in [1.82, 2.24) is 13.3 Å². The normalized spacial score (nSPS) is 12.3. The monoisotopic (exact) mass is 806 g/mol. The van der Waals surface area contributed by atoms with Crippen LogP contribution in [-0.2, 0) is 4.74 Å². The van der Waals surface area contributed by atoms with Gasteiger partial charge in [0.25, 0.3) is 0 Å². The minimum atomic E-state index is -0.316. The third-order valence-corrected chi connectivity index (χ3v) is 13.0. The Bertz CT molecular complexity index is 2970. The van der Waals surface area contributed by atoms with Crippen LogP contribution in [0.25, 0.3) is 71.9 Å². The Kier molecular flexibility index (Phi) is 9.96. The fourth-order valence-corrected chi connectivity index (χ4v) is 10.3. The molecule has 0 atom stereocenters. The van der Waals surface area contributed by atoms with Crippen LogP contribution in [0, 0.1) is 0 Å². The van der Waals surface area contributed by atoms with Gasteiger partial charge in [0.1, 0.15) is 11.0 Å². The Balaban J connectivity index is 1.01. The van der Waals surface area contributed by atoms with E-state index in [0.717, 1.165) is 51.9 Å². The van der Waals surface area contributed by atoms with E-state index >= 15 is 0 Å². The fraction of sp³-hybridized carbons (Fsp3) is 0.157. The van der Waals surface area contributed by atoms with E-state index in [-0.39, 0.29) is 5.97 Å². The van der Waals surface area contributed by atoms with Crippen LogP contribution in [-0.4, -0.2) is 32.4 Å². The van der Waals surface area contributed by atoms with E-state index in [9.17, 15) is 4.79 Å². The number of anilines is 2. The molecule has 0 saturated carbocycles. The highest BCUT2D eigenvalue weighted by molar-refractivity contribution is 7.99. The number of fused-ring (bicyclic) bond motifs is 6. The lowest BCUT2D eigenvalue weighted by Gasteiger charge is -2.33. The summed E-state index contributed by atoms with van der Waals surface area (Å²) in [5.41, 5.74) is 14.9. The smallest absolute Gasteiger partial charge is 0.338 e. The Morgan fingerprint density at radius 1 is 0.593 bits per heavy atom. The van der Waals surface area contributed by atoms with E-state index in [1.165, 1.54) is 85.1 Å². The van der Waals surface area contributed by atoms with Crippen molar-refractivity contribution in [2.45, 2.75) is 49.3 Å². The molecule has 59 heavy (non-hydrogen) atoms. The van der Waals surface area contributed by atoms with Crippen molar-refractivity contribution in [3.63, 3.8) is 0 Å². The highest BCUT2D eigenvalue weighted by Crippen LogP contribution is 2.51. The van der Waals surface area contributed by atoms with Crippen molar-refractivity contribution in [3.8, 4) is 39.1 Å². The van der Waals surface area contributed by atoms with Crippen LogP contribution < -0.4 is 4.90 Å². The van der Waals surface area contributed by atoms with Gasteiger partial charge in [-0.3, -0.25) is 0 Å². The Labute approximate surface area is 352 Å². The number of hydrogen-bond acceptors (Lipinski definition) is 7. The van der Waals surface area contributed by atoms with Crippen molar-refractivity contribution in [2.24, 2.45) is 0 Å². The predicted octanol–water partition coefficient (Wildman–Crippen LogP) is 14.1. The van der Waals surface area contributed by atoms with Crippen molar-refractivity contribution in [2.75, 3.05) is 18.1 Å². The molecule has 6 nitrogen and oxygen atoms in total. The standard InChI is InChI=1S/C51H42N4O2S2/c1-3-5-6-11-29-54-45-27-23-36(35-13-12-14-38(30-35)55-43-17-9-7-15-41(43)42-16-8-10-18-44(42)55)31-47(45)58-48-32-37(24-28-46(48)54)40-26-25-39(49-50(40)53-59-52-49)33-19-21-34(22-20-33)51(56)57-4-2/h7-10,12-28,30-32H,3-6,11,29H2,1-2H3. The zero-order valence-electron chi connectivity index (χ0n) is 33.0. The second-order valence-electron chi connectivity index (χ2n) is 15.0. The number of hydrogen-bond donors (Lipinski definition) is 0. The van der Waals surface area contributed by atoms with Crippen LogP contribution in [0.15, 0.2) is 155 Å². The highest BCUT2D eigenvalue weighted by atomic mass is 32.2. The zero-order valence-corrected chi connectivity index (χ0v) is 34.7. The molecule has 10 rings (SSSR count). The number of nitrogens with zero attached hydrogens (tertiary/aromatic N) is 4. The van der Waals surface area contributed by atoms with E-state index in [1.807, 2.05) is 43.0 Å². The molecule has 0 fully saturated rings. The Hall–Kier alpha value is -6.22. The molecule has 0 bridgehead atoms. The van der Waals surface area contributed by atoms with Gasteiger partial charge < -0.3 is 14.2 Å². The molecule has 3 heterocycles. The molecule has 0 saturated heterocycles. The summed E-state index contributed by atoms with van der Waals surface area (Å²) in [6.07, 6.45) is 4.80. The maximum Gasteiger partial charge on any atom is 0.338 e. The third-order valence-electron chi connectivity index (χ3n) is 11.4. The summed E-state index contributed by atoms with van der Waals surface area (Å²) in [6.45, 7) is 5.39. The molecular formula is C51H42N4O2S2. The SMILES string of the molecule is CCCCCCN1c2ccc(-c3cccc(-n4c5ccccc5c5ccccc54)c3)cc2Sc2cc(-c3ccc(-c4ccc(C(=O)OCC)cc4)c4nsnc34)ccc21. The molecule has 7 aromatic carbocycles. The van der Waals surface area contributed by atoms with E-state index in [2.05, 4.69) is 138 Å². The number of rotatable bonds is 11. The van der Waals surface area contributed by atoms with Crippen LogP contribution in [0.1, 0.15) is 49.9 Å². The summed E-state index contributed by atoms with van der Waals surface area (Å²) in [5.74, 6) is -0.316. The lowest BCUT2D eigenvalue weighted by Crippen LogP contribution is -2.22. The second kappa shape index (κ2) is 15.9. The number of ether oxygens (including phenoxy) is 1. The predicted molar refractivity (Wildman–Crippen MR) is 246 cm³/mol. The van der Waals surface area contributed by atoms with Gasteiger partial charge in [0, 0.05) is 43.9 Å². The molecule has 9 aromatic rings. The summed E-state index contributed by atoms with van der Waals surface area (Å²) < 4.78 is 17.2.